The second-order valence-electron chi connectivity index (χ2n) is 11.0. The van der Waals surface area contributed by atoms with Gasteiger partial charge in [-0.15, -0.1) is 0 Å². The van der Waals surface area contributed by atoms with Crippen LogP contribution in [-0.2, 0) is 10.2 Å². The Hall–Kier alpha value is -2.17. The van der Waals surface area contributed by atoms with Gasteiger partial charge in [0.15, 0.2) is 5.78 Å². The third kappa shape index (κ3) is 3.92. The van der Waals surface area contributed by atoms with Crippen molar-refractivity contribution < 1.29 is 9.53 Å². The van der Waals surface area contributed by atoms with Crippen molar-refractivity contribution in [2.45, 2.75) is 83.6 Å². The van der Waals surface area contributed by atoms with Crippen LogP contribution in [-0.4, -0.2) is 55.6 Å². The maximum atomic E-state index is 14.3. The summed E-state index contributed by atoms with van der Waals surface area (Å²) < 4.78 is 5.63. The highest BCUT2D eigenvalue weighted by Gasteiger charge is 2.46. The van der Waals surface area contributed by atoms with E-state index in [1.807, 2.05) is 0 Å². The van der Waals surface area contributed by atoms with Gasteiger partial charge in [-0.05, 0) is 80.0 Å². The summed E-state index contributed by atoms with van der Waals surface area (Å²) in [4.78, 5) is 19.2. The lowest BCUT2D eigenvalue weighted by molar-refractivity contribution is -0.0175. The van der Waals surface area contributed by atoms with Crippen LogP contribution in [0.3, 0.4) is 0 Å². The van der Waals surface area contributed by atoms with E-state index in [1.165, 1.54) is 60.0 Å². The molecule has 194 valence electrons. The molecule has 0 radical (unpaired) electrons. The molecule has 2 aromatic rings. The predicted molar refractivity (Wildman–Crippen MR) is 149 cm³/mol. The number of Topliss-reactive ketones (excluding diaryl/α,β-unsaturated/α-hetero) is 1. The first-order chi connectivity index (χ1) is 17.5. The van der Waals surface area contributed by atoms with Crippen LogP contribution >= 0.6 is 0 Å². The first kappa shape index (κ1) is 25.5. The Morgan fingerprint density at radius 3 is 2.11 bits per heavy atom. The normalized spacial score (nSPS) is 19.2. The Labute approximate surface area is 218 Å². The molecule has 3 aliphatic rings. The number of morpholine rings is 1. The van der Waals surface area contributed by atoms with E-state index in [9.17, 15) is 4.79 Å². The van der Waals surface area contributed by atoms with Gasteiger partial charge in [0.05, 0.1) is 18.8 Å². The summed E-state index contributed by atoms with van der Waals surface area (Å²) in [7, 11) is 0. The molecule has 1 aliphatic heterocycles. The Morgan fingerprint density at radius 1 is 0.889 bits per heavy atom. The SMILES string of the molecule is CCN(CC)c1ccc2c(c1)C1(CCCCC1)c1cc(C(=O)C(CC)(CC)N3CCOCC3)ccc1-2. The summed E-state index contributed by atoms with van der Waals surface area (Å²) >= 11 is 0. The Balaban J connectivity index is 1.60. The molecule has 0 bridgehead atoms. The zero-order valence-electron chi connectivity index (χ0n) is 22.9. The van der Waals surface area contributed by atoms with Crippen LogP contribution in [0.5, 0.6) is 0 Å². The number of ketones is 1. The number of nitrogens with zero attached hydrogens (tertiary/aromatic N) is 2. The number of carbonyl (C=O) groups excluding carboxylic acids is 1. The number of hydrogen-bond donors (Lipinski definition) is 0. The van der Waals surface area contributed by atoms with Gasteiger partial charge in [-0.2, -0.15) is 0 Å². The van der Waals surface area contributed by atoms with Crippen LogP contribution in [0.4, 0.5) is 5.69 Å². The maximum Gasteiger partial charge on any atom is 0.183 e. The number of benzene rings is 2. The van der Waals surface area contributed by atoms with Crippen molar-refractivity contribution in [3.63, 3.8) is 0 Å². The van der Waals surface area contributed by atoms with Crippen LogP contribution in [0.2, 0.25) is 0 Å². The highest BCUT2D eigenvalue weighted by molar-refractivity contribution is 6.04. The minimum atomic E-state index is -0.445. The largest absolute Gasteiger partial charge is 0.379 e. The summed E-state index contributed by atoms with van der Waals surface area (Å²) in [6.45, 7) is 14.0. The molecule has 0 unspecified atom stereocenters. The minimum absolute atomic E-state index is 0.0441. The van der Waals surface area contributed by atoms with Crippen molar-refractivity contribution in [2.75, 3.05) is 44.3 Å². The van der Waals surface area contributed by atoms with Gasteiger partial charge in [0.1, 0.15) is 0 Å². The van der Waals surface area contributed by atoms with Gasteiger partial charge in [0.25, 0.3) is 0 Å². The molecule has 2 fully saturated rings. The Morgan fingerprint density at radius 2 is 1.50 bits per heavy atom. The number of hydrogen-bond acceptors (Lipinski definition) is 4. The molecule has 2 aliphatic carbocycles. The summed E-state index contributed by atoms with van der Waals surface area (Å²) in [6.07, 6.45) is 7.86. The van der Waals surface area contributed by atoms with E-state index < -0.39 is 5.54 Å². The number of ether oxygens (including phenoxy) is 1. The second-order valence-corrected chi connectivity index (χ2v) is 11.0. The molecular formula is C32H44N2O2. The summed E-state index contributed by atoms with van der Waals surface area (Å²) in [6, 6.07) is 13.8. The molecule has 36 heavy (non-hydrogen) atoms. The molecule has 4 heteroatoms. The van der Waals surface area contributed by atoms with Crippen LogP contribution in [0, 0.1) is 0 Å². The van der Waals surface area contributed by atoms with E-state index in [0.717, 1.165) is 44.6 Å². The van der Waals surface area contributed by atoms with E-state index in [4.69, 9.17) is 4.74 Å². The van der Waals surface area contributed by atoms with Crippen molar-refractivity contribution in [1.82, 2.24) is 4.90 Å². The quantitative estimate of drug-likeness (QED) is 0.381. The van der Waals surface area contributed by atoms with Crippen molar-refractivity contribution in [3.8, 4) is 11.1 Å². The van der Waals surface area contributed by atoms with Gasteiger partial charge in [0.2, 0.25) is 0 Å². The molecule has 5 rings (SSSR count). The molecule has 0 N–H and O–H groups in total. The van der Waals surface area contributed by atoms with Gasteiger partial charge >= 0.3 is 0 Å². The van der Waals surface area contributed by atoms with E-state index >= 15 is 0 Å². The van der Waals surface area contributed by atoms with Crippen molar-refractivity contribution in [3.05, 3.63) is 53.1 Å². The van der Waals surface area contributed by atoms with E-state index in [-0.39, 0.29) is 5.41 Å². The fraction of sp³-hybridized carbons (Fsp3) is 0.594. The van der Waals surface area contributed by atoms with Crippen LogP contribution in [0.15, 0.2) is 36.4 Å². The predicted octanol–water partition coefficient (Wildman–Crippen LogP) is 6.84. The van der Waals surface area contributed by atoms with Gasteiger partial charge in [-0.3, -0.25) is 9.69 Å². The molecule has 1 heterocycles. The second kappa shape index (κ2) is 10.3. The van der Waals surface area contributed by atoms with Crippen LogP contribution in [0.1, 0.15) is 94.1 Å². The first-order valence-electron chi connectivity index (χ1n) is 14.5. The van der Waals surface area contributed by atoms with Crippen LogP contribution in [0.25, 0.3) is 11.1 Å². The molecule has 4 nitrogen and oxygen atoms in total. The number of fused-ring (bicyclic) bond motifs is 5. The summed E-state index contributed by atoms with van der Waals surface area (Å²) in [5.74, 6) is 0.294. The average molecular weight is 489 g/mol. The number of anilines is 1. The van der Waals surface area contributed by atoms with Crippen molar-refractivity contribution in [1.29, 1.82) is 0 Å². The third-order valence-corrected chi connectivity index (χ3v) is 9.65. The van der Waals surface area contributed by atoms with Gasteiger partial charge in [-0.25, -0.2) is 0 Å². The molecular weight excluding hydrogens is 444 g/mol. The zero-order chi connectivity index (χ0) is 25.3. The van der Waals surface area contributed by atoms with Gasteiger partial charge in [-0.1, -0.05) is 51.3 Å². The smallest absolute Gasteiger partial charge is 0.183 e. The lowest BCUT2D eigenvalue weighted by Crippen LogP contribution is -2.57. The standard InChI is InChI=1S/C32H44N2O2/c1-5-32(6-2,34-18-20-36-21-19-34)30(35)24-12-14-26-27-15-13-25(33(7-3)8-4)23-29(27)31(28(26)22-24)16-10-9-11-17-31/h12-15,22-23H,5-11,16-21H2,1-4H3. The molecule has 1 spiro atoms. The highest BCUT2D eigenvalue weighted by atomic mass is 16.5. The fourth-order valence-corrected chi connectivity index (χ4v) is 7.53. The molecule has 0 aromatic heterocycles. The van der Waals surface area contributed by atoms with Gasteiger partial charge in [0, 0.05) is 42.8 Å². The zero-order valence-corrected chi connectivity index (χ0v) is 22.9. The average Bonchev–Trinajstić information content (AvgIpc) is 3.19. The third-order valence-electron chi connectivity index (χ3n) is 9.65. The monoisotopic (exact) mass is 488 g/mol. The van der Waals surface area contributed by atoms with Crippen LogP contribution < -0.4 is 4.90 Å². The lowest BCUT2D eigenvalue weighted by atomic mass is 9.67. The molecule has 0 amide bonds. The molecule has 1 saturated carbocycles. The van der Waals surface area contributed by atoms with Crippen molar-refractivity contribution in [2.24, 2.45) is 0 Å². The minimum Gasteiger partial charge on any atom is -0.379 e. The first-order valence-corrected chi connectivity index (χ1v) is 14.5. The summed E-state index contributed by atoms with van der Waals surface area (Å²) in [5.41, 5.74) is 7.45. The summed E-state index contributed by atoms with van der Waals surface area (Å²) in [5, 5.41) is 0. The topological polar surface area (TPSA) is 32.8 Å². The molecule has 2 aromatic carbocycles. The van der Waals surface area contributed by atoms with E-state index in [1.54, 1.807) is 0 Å². The lowest BCUT2D eigenvalue weighted by Gasteiger charge is -2.44. The maximum absolute atomic E-state index is 14.3. The Bertz CT molecular complexity index is 1090. The number of carbonyl (C=O) groups is 1. The van der Waals surface area contributed by atoms with Crippen molar-refractivity contribution >= 4 is 11.5 Å². The van der Waals surface area contributed by atoms with Gasteiger partial charge < -0.3 is 9.64 Å². The Kier molecular flexibility index (Phi) is 7.29. The molecule has 1 saturated heterocycles. The fourth-order valence-electron chi connectivity index (χ4n) is 7.53. The van der Waals surface area contributed by atoms with E-state index in [0.29, 0.717) is 19.0 Å². The molecule has 0 atom stereocenters. The highest BCUT2D eigenvalue weighted by Crippen LogP contribution is 2.56. The number of rotatable bonds is 8. The van der Waals surface area contributed by atoms with E-state index in [2.05, 4.69) is 73.9 Å².